The number of rotatable bonds is 8. The first-order valence-corrected chi connectivity index (χ1v) is 13.2. The lowest BCUT2D eigenvalue weighted by molar-refractivity contribution is 0.00574. The summed E-state index contributed by atoms with van der Waals surface area (Å²) < 4.78 is 0. The van der Waals surface area contributed by atoms with Crippen molar-refractivity contribution in [3.8, 4) is 0 Å². The molecule has 0 amide bonds. The van der Waals surface area contributed by atoms with Crippen LogP contribution in [0.4, 0.5) is 0 Å². The molecule has 0 aromatic rings. The van der Waals surface area contributed by atoms with Crippen LogP contribution < -0.4 is 0 Å². The molecule has 2 N–H and O–H groups in total. The highest BCUT2D eigenvalue weighted by Gasteiger charge is 2.26. The van der Waals surface area contributed by atoms with E-state index in [2.05, 4.69) is 13.2 Å². The van der Waals surface area contributed by atoms with Gasteiger partial charge in [-0.3, -0.25) is 0 Å². The Labute approximate surface area is 188 Å². The van der Waals surface area contributed by atoms with Crippen LogP contribution in [0.3, 0.4) is 0 Å². The zero-order valence-corrected chi connectivity index (χ0v) is 20.0. The number of hydrogen-bond acceptors (Lipinski definition) is 2. The van der Waals surface area contributed by atoms with Crippen LogP contribution in [-0.2, 0) is 0 Å². The second-order valence-electron chi connectivity index (χ2n) is 10.1. The molecule has 1 aliphatic rings. The Balaban J connectivity index is 2.49. The van der Waals surface area contributed by atoms with Gasteiger partial charge in [0.05, 0.1) is 11.2 Å². The number of unbranched alkanes of at least 4 members (excludes halogenated alkanes) is 2. The first-order chi connectivity index (χ1) is 14.5. The molecule has 1 rings (SSSR count). The third kappa shape index (κ3) is 13.7. The van der Waals surface area contributed by atoms with E-state index in [-0.39, 0.29) is 0 Å². The zero-order chi connectivity index (χ0) is 22.0. The van der Waals surface area contributed by atoms with Crippen LogP contribution in [0, 0.1) is 0 Å². The largest absolute Gasteiger partial charge is 0.390 e. The fourth-order valence-corrected chi connectivity index (χ4v) is 5.13. The highest BCUT2D eigenvalue weighted by atomic mass is 16.3. The highest BCUT2D eigenvalue weighted by Crippen LogP contribution is 2.31. The first kappa shape index (κ1) is 27.4. The average Bonchev–Trinajstić information content (AvgIpc) is 2.72. The van der Waals surface area contributed by atoms with Gasteiger partial charge in [-0.2, -0.15) is 0 Å². The third-order valence-electron chi connectivity index (χ3n) is 7.17. The quantitative estimate of drug-likeness (QED) is 0.305. The van der Waals surface area contributed by atoms with Crippen LogP contribution in [0.5, 0.6) is 0 Å². The van der Waals surface area contributed by atoms with E-state index in [9.17, 15) is 10.2 Å². The summed E-state index contributed by atoms with van der Waals surface area (Å²) in [6.45, 7) is 7.65. The van der Waals surface area contributed by atoms with Crippen molar-refractivity contribution < 1.29 is 10.2 Å². The van der Waals surface area contributed by atoms with Gasteiger partial charge >= 0.3 is 0 Å². The minimum Gasteiger partial charge on any atom is -0.390 e. The molecule has 176 valence electrons. The predicted octanol–water partition coefficient (Wildman–Crippen LogP) is 8.42. The Kier molecular flexibility index (Phi) is 15.6. The molecule has 2 nitrogen and oxygen atoms in total. The van der Waals surface area contributed by atoms with E-state index in [1.165, 1.54) is 51.4 Å². The van der Waals surface area contributed by atoms with Crippen LogP contribution in [0.2, 0.25) is 0 Å². The van der Waals surface area contributed by atoms with E-state index in [0.717, 1.165) is 89.9 Å². The standard InChI is InChI=1S/C28H52O2/c1-3-5-15-21-27(29)23-17-11-7-9-13-19-25-28(30,22-16-6-4-2)26-20-14-10-8-12-18-24-27/h3-4,29-30H,1-2,5-26H2. The van der Waals surface area contributed by atoms with Crippen LogP contribution in [-0.4, -0.2) is 21.4 Å². The van der Waals surface area contributed by atoms with Crippen LogP contribution >= 0.6 is 0 Å². The molecule has 0 spiro atoms. The lowest BCUT2D eigenvalue weighted by Gasteiger charge is -2.29. The lowest BCUT2D eigenvalue weighted by Crippen LogP contribution is -2.29. The SMILES string of the molecule is C=CCCCC1(O)CCCCCCCCC(O)(CCCC=C)CCCCCCCC1. The topological polar surface area (TPSA) is 40.5 Å². The van der Waals surface area contributed by atoms with Crippen LogP contribution in [0.25, 0.3) is 0 Å². The highest BCUT2D eigenvalue weighted by molar-refractivity contribution is 4.82. The molecule has 0 unspecified atom stereocenters. The van der Waals surface area contributed by atoms with Gasteiger partial charge in [0.2, 0.25) is 0 Å². The molecule has 0 atom stereocenters. The van der Waals surface area contributed by atoms with Gasteiger partial charge in [0.1, 0.15) is 0 Å². The molecule has 2 heteroatoms. The molecule has 0 bridgehead atoms. The molecule has 30 heavy (non-hydrogen) atoms. The van der Waals surface area contributed by atoms with E-state index in [1.807, 2.05) is 12.2 Å². The first-order valence-electron chi connectivity index (χ1n) is 13.2. The van der Waals surface area contributed by atoms with E-state index >= 15 is 0 Å². The summed E-state index contributed by atoms with van der Waals surface area (Å²) in [5.74, 6) is 0. The molecular weight excluding hydrogens is 368 g/mol. The molecule has 0 aromatic carbocycles. The van der Waals surface area contributed by atoms with Gasteiger partial charge in [-0.05, 0) is 64.2 Å². The van der Waals surface area contributed by atoms with Crippen molar-refractivity contribution in [2.45, 2.75) is 152 Å². The Hall–Kier alpha value is -0.600. The molecule has 0 radical (unpaired) electrons. The molecule has 0 aromatic heterocycles. The van der Waals surface area contributed by atoms with Gasteiger partial charge in [-0.25, -0.2) is 0 Å². The second kappa shape index (κ2) is 17.0. The van der Waals surface area contributed by atoms with Crippen molar-refractivity contribution in [3.63, 3.8) is 0 Å². The third-order valence-corrected chi connectivity index (χ3v) is 7.17. The summed E-state index contributed by atoms with van der Waals surface area (Å²) in [7, 11) is 0. The van der Waals surface area contributed by atoms with Crippen molar-refractivity contribution in [2.24, 2.45) is 0 Å². The maximum absolute atomic E-state index is 11.2. The van der Waals surface area contributed by atoms with Gasteiger partial charge in [0, 0.05) is 0 Å². The molecule has 0 aliphatic heterocycles. The predicted molar refractivity (Wildman–Crippen MR) is 132 cm³/mol. The van der Waals surface area contributed by atoms with Crippen molar-refractivity contribution in [2.75, 3.05) is 0 Å². The monoisotopic (exact) mass is 420 g/mol. The lowest BCUT2D eigenvalue weighted by atomic mass is 9.84. The number of aliphatic hydroxyl groups is 2. The van der Waals surface area contributed by atoms with Crippen LogP contribution in [0.15, 0.2) is 25.3 Å². The summed E-state index contributed by atoms with van der Waals surface area (Å²) in [4.78, 5) is 0. The minimum atomic E-state index is -0.448. The van der Waals surface area contributed by atoms with Crippen molar-refractivity contribution in [3.05, 3.63) is 25.3 Å². The van der Waals surface area contributed by atoms with Gasteiger partial charge in [-0.15, -0.1) is 13.2 Å². The maximum Gasteiger partial charge on any atom is 0.0648 e. The van der Waals surface area contributed by atoms with Gasteiger partial charge in [0.25, 0.3) is 0 Å². The second-order valence-corrected chi connectivity index (χ2v) is 10.1. The fraction of sp³-hybridized carbons (Fsp3) is 0.857. The molecule has 1 saturated carbocycles. The van der Waals surface area contributed by atoms with Gasteiger partial charge in [-0.1, -0.05) is 89.2 Å². The Bertz CT molecular complexity index is 368. The van der Waals surface area contributed by atoms with E-state index in [1.54, 1.807) is 0 Å². The summed E-state index contributed by atoms with van der Waals surface area (Å²) in [5, 5.41) is 22.3. The number of allylic oxidation sites excluding steroid dienone is 2. The molecule has 1 aliphatic carbocycles. The summed E-state index contributed by atoms with van der Waals surface area (Å²) in [5.41, 5.74) is -0.896. The Morgan fingerprint density at radius 1 is 0.500 bits per heavy atom. The summed E-state index contributed by atoms with van der Waals surface area (Å²) >= 11 is 0. The molecule has 0 heterocycles. The summed E-state index contributed by atoms with van der Waals surface area (Å²) in [6.07, 6.45) is 28.4. The van der Waals surface area contributed by atoms with Crippen molar-refractivity contribution in [1.82, 2.24) is 0 Å². The van der Waals surface area contributed by atoms with E-state index in [0.29, 0.717) is 0 Å². The van der Waals surface area contributed by atoms with Gasteiger partial charge < -0.3 is 10.2 Å². The van der Waals surface area contributed by atoms with Crippen LogP contribution in [0.1, 0.15) is 141 Å². The normalized spacial score (nSPS) is 28.9. The van der Waals surface area contributed by atoms with Crippen molar-refractivity contribution in [1.29, 1.82) is 0 Å². The van der Waals surface area contributed by atoms with Gasteiger partial charge in [0.15, 0.2) is 0 Å². The average molecular weight is 421 g/mol. The summed E-state index contributed by atoms with van der Waals surface area (Å²) in [6, 6.07) is 0. The smallest absolute Gasteiger partial charge is 0.0648 e. The Morgan fingerprint density at radius 2 is 0.767 bits per heavy atom. The zero-order valence-electron chi connectivity index (χ0n) is 20.0. The van der Waals surface area contributed by atoms with Crippen molar-refractivity contribution >= 4 is 0 Å². The Morgan fingerprint density at radius 3 is 1.03 bits per heavy atom. The fourth-order valence-electron chi connectivity index (χ4n) is 5.13. The molecule has 1 fully saturated rings. The molecular formula is C28H52O2. The van der Waals surface area contributed by atoms with E-state index < -0.39 is 11.2 Å². The molecule has 0 saturated heterocycles. The minimum absolute atomic E-state index is 0.448. The van der Waals surface area contributed by atoms with E-state index in [4.69, 9.17) is 0 Å². The number of hydrogen-bond donors (Lipinski definition) is 2. The maximum atomic E-state index is 11.2.